The summed E-state index contributed by atoms with van der Waals surface area (Å²) in [4.78, 5) is 16.0. The average molecular weight is 291 g/mol. The number of nitrogens with zero attached hydrogens (tertiary/aromatic N) is 1. The Morgan fingerprint density at radius 1 is 1.40 bits per heavy atom. The molecule has 0 radical (unpaired) electrons. The maximum atomic E-state index is 11.8. The second-order valence-electron chi connectivity index (χ2n) is 4.36. The summed E-state index contributed by atoms with van der Waals surface area (Å²) in [5, 5.41) is 3.39. The molecular weight excluding hydrogens is 274 g/mol. The number of oxazole rings is 1. The lowest BCUT2D eigenvalue weighted by molar-refractivity contribution is -0.115. The van der Waals surface area contributed by atoms with Crippen LogP contribution in [-0.4, -0.2) is 16.6 Å². The number of amides is 1. The zero-order valence-corrected chi connectivity index (χ0v) is 12.3. The second kappa shape index (κ2) is 6.47. The highest BCUT2D eigenvalue weighted by molar-refractivity contribution is 7.99. The Kier molecular flexibility index (Phi) is 4.68. The minimum atomic E-state index is -0.0737. The number of aryl methyl sites for hydroxylation is 2. The van der Waals surface area contributed by atoms with Gasteiger partial charge in [0.15, 0.2) is 0 Å². The number of anilines is 2. The van der Waals surface area contributed by atoms with E-state index in [1.165, 1.54) is 11.8 Å². The molecule has 2 rings (SSSR count). The van der Waals surface area contributed by atoms with Crippen molar-refractivity contribution in [3.05, 3.63) is 35.7 Å². The van der Waals surface area contributed by atoms with Gasteiger partial charge in [0, 0.05) is 12.2 Å². The van der Waals surface area contributed by atoms with Crippen molar-refractivity contribution in [1.29, 1.82) is 0 Å². The summed E-state index contributed by atoms with van der Waals surface area (Å²) in [6.45, 7) is 3.77. The highest BCUT2D eigenvalue weighted by atomic mass is 32.2. The largest absolute Gasteiger partial charge is 0.437 e. The first-order valence-electron chi connectivity index (χ1n) is 6.27. The molecule has 106 valence electrons. The van der Waals surface area contributed by atoms with Crippen molar-refractivity contribution in [3.8, 4) is 0 Å². The van der Waals surface area contributed by atoms with Crippen LogP contribution in [0.1, 0.15) is 17.9 Å². The molecule has 6 heteroatoms. The van der Waals surface area contributed by atoms with Crippen molar-refractivity contribution in [2.24, 2.45) is 0 Å². The number of aromatic nitrogens is 1. The number of benzene rings is 1. The van der Waals surface area contributed by atoms with Crippen LogP contribution in [0, 0.1) is 13.8 Å². The zero-order chi connectivity index (χ0) is 14.5. The first-order valence-corrected chi connectivity index (χ1v) is 7.26. The smallest absolute Gasteiger partial charge is 0.256 e. The van der Waals surface area contributed by atoms with E-state index in [1.54, 1.807) is 12.1 Å². The van der Waals surface area contributed by atoms with Crippen LogP contribution in [0.4, 0.5) is 11.4 Å². The Hall–Kier alpha value is -1.95. The summed E-state index contributed by atoms with van der Waals surface area (Å²) < 4.78 is 5.43. The molecule has 0 spiro atoms. The number of rotatable bonds is 5. The number of hydrogen-bond donors (Lipinski definition) is 2. The number of hydrogen-bond acceptors (Lipinski definition) is 5. The van der Waals surface area contributed by atoms with Crippen molar-refractivity contribution in [1.82, 2.24) is 4.98 Å². The van der Waals surface area contributed by atoms with Gasteiger partial charge in [-0.2, -0.15) is 0 Å². The fraction of sp³-hybridized carbons (Fsp3) is 0.286. The highest BCUT2D eigenvalue weighted by Crippen LogP contribution is 2.21. The molecule has 0 atom stereocenters. The van der Waals surface area contributed by atoms with Gasteiger partial charge in [-0.1, -0.05) is 23.9 Å². The van der Waals surface area contributed by atoms with Gasteiger partial charge in [-0.25, -0.2) is 4.98 Å². The number of nitrogens with two attached hydrogens (primary N) is 1. The standard InChI is InChI=1S/C14H17N3O2S/c1-9-10(2)19-14(16-9)20-8-7-13(18)17-12-6-4-3-5-11(12)15/h3-6H,7-8,15H2,1-2H3,(H,17,18). The third-order valence-corrected chi connectivity index (χ3v) is 3.63. The molecule has 3 N–H and O–H groups in total. The van der Waals surface area contributed by atoms with E-state index in [2.05, 4.69) is 10.3 Å². The molecule has 0 fully saturated rings. The number of carbonyl (C=O) groups is 1. The Labute approximate surface area is 122 Å². The Balaban J connectivity index is 1.80. The highest BCUT2D eigenvalue weighted by Gasteiger charge is 2.08. The Bertz CT molecular complexity index is 591. The van der Waals surface area contributed by atoms with E-state index in [1.807, 2.05) is 26.0 Å². The van der Waals surface area contributed by atoms with E-state index in [-0.39, 0.29) is 5.91 Å². The van der Waals surface area contributed by atoms with Gasteiger partial charge in [0.2, 0.25) is 5.91 Å². The van der Waals surface area contributed by atoms with E-state index in [0.717, 1.165) is 11.5 Å². The van der Waals surface area contributed by atoms with E-state index in [0.29, 0.717) is 28.8 Å². The first kappa shape index (κ1) is 14.5. The number of thioether (sulfide) groups is 1. The Morgan fingerprint density at radius 3 is 2.80 bits per heavy atom. The lowest BCUT2D eigenvalue weighted by Crippen LogP contribution is -2.13. The molecule has 1 aromatic heterocycles. The Morgan fingerprint density at radius 2 is 2.15 bits per heavy atom. The molecule has 0 aliphatic carbocycles. The molecule has 20 heavy (non-hydrogen) atoms. The normalized spacial score (nSPS) is 10.5. The second-order valence-corrected chi connectivity index (χ2v) is 5.40. The third kappa shape index (κ3) is 3.77. The number of nitrogens with one attached hydrogen (secondary N) is 1. The molecule has 0 aliphatic rings. The topological polar surface area (TPSA) is 81.2 Å². The molecule has 0 saturated heterocycles. The van der Waals surface area contributed by atoms with Crippen LogP contribution in [-0.2, 0) is 4.79 Å². The van der Waals surface area contributed by atoms with Crippen molar-refractivity contribution in [2.45, 2.75) is 25.5 Å². The summed E-state index contributed by atoms with van der Waals surface area (Å²) in [6, 6.07) is 7.19. The lowest BCUT2D eigenvalue weighted by Gasteiger charge is -2.06. The lowest BCUT2D eigenvalue weighted by atomic mass is 10.2. The molecule has 1 heterocycles. The monoisotopic (exact) mass is 291 g/mol. The van der Waals surface area contributed by atoms with Gasteiger partial charge in [-0.15, -0.1) is 0 Å². The third-order valence-electron chi connectivity index (χ3n) is 2.80. The van der Waals surface area contributed by atoms with E-state index < -0.39 is 0 Å². The number of para-hydroxylation sites is 2. The minimum Gasteiger partial charge on any atom is -0.437 e. The van der Waals surface area contributed by atoms with Crippen molar-refractivity contribution < 1.29 is 9.21 Å². The first-order chi connectivity index (χ1) is 9.56. The predicted molar refractivity (Wildman–Crippen MR) is 80.8 cm³/mol. The molecule has 0 bridgehead atoms. The zero-order valence-electron chi connectivity index (χ0n) is 11.5. The number of carbonyl (C=O) groups excluding carboxylic acids is 1. The van der Waals surface area contributed by atoms with Crippen molar-refractivity contribution in [2.75, 3.05) is 16.8 Å². The molecule has 0 saturated carbocycles. The summed E-state index contributed by atoms with van der Waals surface area (Å²) in [7, 11) is 0. The van der Waals surface area contributed by atoms with Crippen molar-refractivity contribution in [3.63, 3.8) is 0 Å². The van der Waals surface area contributed by atoms with Crippen LogP contribution in [0.5, 0.6) is 0 Å². The van der Waals surface area contributed by atoms with Crippen LogP contribution in [0.3, 0.4) is 0 Å². The molecular formula is C14H17N3O2S. The van der Waals surface area contributed by atoms with Crippen LogP contribution in [0.2, 0.25) is 0 Å². The van der Waals surface area contributed by atoms with Crippen LogP contribution < -0.4 is 11.1 Å². The average Bonchev–Trinajstić information content (AvgIpc) is 2.71. The van der Waals surface area contributed by atoms with Crippen LogP contribution >= 0.6 is 11.8 Å². The van der Waals surface area contributed by atoms with Gasteiger partial charge in [0.25, 0.3) is 5.22 Å². The van der Waals surface area contributed by atoms with E-state index in [4.69, 9.17) is 10.2 Å². The van der Waals surface area contributed by atoms with E-state index in [9.17, 15) is 4.79 Å². The van der Waals surface area contributed by atoms with Gasteiger partial charge in [-0.3, -0.25) is 4.79 Å². The maximum absolute atomic E-state index is 11.8. The SMILES string of the molecule is Cc1nc(SCCC(=O)Nc2ccccc2N)oc1C. The van der Waals surface area contributed by atoms with Gasteiger partial charge in [0.1, 0.15) is 5.76 Å². The molecule has 0 aliphatic heterocycles. The predicted octanol–water partition coefficient (Wildman–Crippen LogP) is 2.99. The molecule has 1 amide bonds. The maximum Gasteiger partial charge on any atom is 0.256 e. The van der Waals surface area contributed by atoms with Crippen LogP contribution in [0.15, 0.2) is 33.9 Å². The van der Waals surface area contributed by atoms with Gasteiger partial charge >= 0.3 is 0 Å². The van der Waals surface area contributed by atoms with Gasteiger partial charge < -0.3 is 15.5 Å². The van der Waals surface area contributed by atoms with Gasteiger partial charge in [0.05, 0.1) is 17.1 Å². The summed E-state index contributed by atoms with van der Waals surface area (Å²) in [5.41, 5.74) is 7.85. The molecule has 1 aromatic carbocycles. The fourth-order valence-corrected chi connectivity index (χ4v) is 2.41. The summed E-state index contributed by atoms with van der Waals surface area (Å²) in [5.74, 6) is 1.35. The quantitative estimate of drug-likeness (QED) is 0.654. The number of nitrogen functional groups attached to an aromatic ring is 1. The fourth-order valence-electron chi connectivity index (χ4n) is 1.56. The minimum absolute atomic E-state index is 0.0737. The molecule has 2 aromatic rings. The van der Waals surface area contributed by atoms with Gasteiger partial charge in [-0.05, 0) is 26.0 Å². The summed E-state index contributed by atoms with van der Waals surface area (Å²) >= 11 is 1.43. The van der Waals surface area contributed by atoms with Crippen LogP contribution in [0.25, 0.3) is 0 Å². The summed E-state index contributed by atoms with van der Waals surface area (Å²) in [6.07, 6.45) is 0.374. The van der Waals surface area contributed by atoms with Crippen molar-refractivity contribution >= 4 is 29.0 Å². The molecule has 0 unspecified atom stereocenters. The molecule has 5 nitrogen and oxygen atoms in total. The van der Waals surface area contributed by atoms with E-state index >= 15 is 0 Å².